The largest absolute Gasteiger partial charge is 0.340 e. The molecule has 0 aliphatic carbocycles. The summed E-state index contributed by atoms with van der Waals surface area (Å²) in [6, 6.07) is 0. The number of nitrogens with zero attached hydrogens (tertiary/aromatic N) is 6. The molecule has 0 aromatic carbocycles. The number of rotatable bonds is 5. The van der Waals surface area contributed by atoms with Crippen LogP contribution in [-0.4, -0.2) is 68.2 Å². The van der Waals surface area contributed by atoms with Gasteiger partial charge in [-0.1, -0.05) is 6.92 Å². The van der Waals surface area contributed by atoms with Crippen LogP contribution < -0.4 is 0 Å². The van der Waals surface area contributed by atoms with Gasteiger partial charge in [0.05, 0.1) is 23.8 Å². The zero-order chi connectivity index (χ0) is 16.2. The lowest BCUT2D eigenvalue weighted by atomic mass is 10.2. The van der Waals surface area contributed by atoms with Gasteiger partial charge in [0, 0.05) is 39.6 Å². The molecule has 7 nitrogen and oxygen atoms in total. The molecule has 3 rings (SSSR count). The van der Waals surface area contributed by atoms with Crippen molar-refractivity contribution in [1.82, 2.24) is 29.5 Å². The maximum atomic E-state index is 11.4. The molecule has 123 valence electrons. The molecular weight excluding hydrogens is 292 g/mol. The Morgan fingerprint density at radius 1 is 1.22 bits per heavy atom. The van der Waals surface area contributed by atoms with E-state index in [1.165, 1.54) is 0 Å². The minimum absolute atomic E-state index is 0.164. The van der Waals surface area contributed by atoms with Crippen LogP contribution in [0.3, 0.4) is 0 Å². The van der Waals surface area contributed by atoms with Crippen LogP contribution in [0, 0.1) is 6.92 Å². The first-order valence-corrected chi connectivity index (χ1v) is 8.11. The second kappa shape index (κ2) is 7.04. The van der Waals surface area contributed by atoms with E-state index in [9.17, 15) is 4.79 Å². The molecule has 1 amide bonds. The Morgan fingerprint density at radius 3 is 2.70 bits per heavy atom. The van der Waals surface area contributed by atoms with Gasteiger partial charge in [-0.25, -0.2) is 14.6 Å². The molecule has 0 unspecified atom stereocenters. The maximum Gasteiger partial charge on any atom is 0.219 e. The molecule has 0 atom stereocenters. The SMILES string of the molecule is [CH2]CCc1ncnc2c1cnn2CCN1CCN(C(C)=O)CC1. The minimum Gasteiger partial charge on any atom is -0.340 e. The van der Waals surface area contributed by atoms with Gasteiger partial charge < -0.3 is 4.90 Å². The van der Waals surface area contributed by atoms with E-state index < -0.39 is 0 Å². The van der Waals surface area contributed by atoms with Crippen LogP contribution in [0.25, 0.3) is 11.0 Å². The molecule has 2 aromatic heterocycles. The highest BCUT2D eigenvalue weighted by atomic mass is 16.2. The topological polar surface area (TPSA) is 67.2 Å². The van der Waals surface area contributed by atoms with Crippen molar-refractivity contribution >= 4 is 16.9 Å². The second-order valence-corrected chi connectivity index (χ2v) is 5.88. The summed E-state index contributed by atoms with van der Waals surface area (Å²) in [5.74, 6) is 0.164. The zero-order valence-corrected chi connectivity index (χ0v) is 13.6. The Morgan fingerprint density at radius 2 is 2.00 bits per heavy atom. The summed E-state index contributed by atoms with van der Waals surface area (Å²) in [6.45, 7) is 10.7. The minimum atomic E-state index is 0.164. The second-order valence-electron chi connectivity index (χ2n) is 5.88. The molecule has 3 heterocycles. The van der Waals surface area contributed by atoms with E-state index in [0.29, 0.717) is 0 Å². The molecule has 1 fully saturated rings. The summed E-state index contributed by atoms with van der Waals surface area (Å²) in [7, 11) is 0. The summed E-state index contributed by atoms with van der Waals surface area (Å²) < 4.78 is 1.95. The number of carbonyl (C=O) groups excluding carboxylic acids is 1. The highest BCUT2D eigenvalue weighted by molar-refractivity contribution is 5.76. The number of hydrogen-bond acceptors (Lipinski definition) is 5. The molecule has 2 aromatic rings. The average molecular weight is 315 g/mol. The van der Waals surface area contributed by atoms with E-state index >= 15 is 0 Å². The lowest BCUT2D eigenvalue weighted by molar-refractivity contribution is -0.130. The number of aryl methyl sites for hydroxylation is 1. The molecular formula is C16H23N6O. The van der Waals surface area contributed by atoms with Crippen molar-refractivity contribution < 1.29 is 4.79 Å². The van der Waals surface area contributed by atoms with Gasteiger partial charge in [-0.15, -0.1) is 0 Å². The molecule has 7 heteroatoms. The first-order valence-electron chi connectivity index (χ1n) is 8.11. The van der Waals surface area contributed by atoms with Crippen molar-refractivity contribution in [2.45, 2.75) is 26.3 Å². The van der Waals surface area contributed by atoms with Crippen LogP contribution >= 0.6 is 0 Å². The van der Waals surface area contributed by atoms with E-state index in [4.69, 9.17) is 0 Å². The number of aromatic nitrogens is 4. The average Bonchev–Trinajstić information content (AvgIpc) is 2.98. The number of fused-ring (bicyclic) bond motifs is 1. The number of piperazine rings is 1. The summed E-state index contributed by atoms with van der Waals surface area (Å²) in [5.41, 5.74) is 1.91. The third kappa shape index (κ3) is 3.50. The number of amides is 1. The predicted molar refractivity (Wildman–Crippen MR) is 87.7 cm³/mol. The van der Waals surface area contributed by atoms with Crippen molar-refractivity contribution in [2.24, 2.45) is 0 Å². The number of hydrogen-bond donors (Lipinski definition) is 0. The third-order valence-corrected chi connectivity index (χ3v) is 4.38. The molecule has 23 heavy (non-hydrogen) atoms. The fourth-order valence-corrected chi connectivity index (χ4v) is 2.99. The molecule has 1 saturated heterocycles. The van der Waals surface area contributed by atoms with Crippen LogP contribution in [0.1, 0.15) is 19.0 Å². The highest BCUT2D eigenvalue weighted by Crippen LogP contribution is 2.15. The Balaban J connectivity index is 1.62. The van der Waals surface area contributed by atoms with Crippen LogP contribution in [0.2, 0.25) is 0 Å². The Labute approximate surface area is 136 Å². The maximum absolute atomic E-state index is 11.4. The molecule has 0 N–H and O–H groups in total. The Hall–Kier alpha value is -2.02. The van der Waals surface area contributed by atoms with Gasteiger partial charge in [0.25, 0.3) is 0 Å². The van der Waals surface area contributed by atoms with Crippen molar-refractivity contribution in [3.8, 4) is 0 Å². The van der Waals surface area contributed by atoms with Crippen LogP contribution in [0.4, 0.5) is 0 Å². The number of carbonyl (C=O) groups is 1. The molecule has 1 aliphatic rings. The van der Waals surface area contributed by atoms with Crippen molar-refractivity contribution in [1.29, 1.82) is 0 Å². The molecule has 0 saturated carbocycles. The van der Waals surface area contributed by atoms with Crippen LogP contribution in [0.15, 0.2) is 12.5 Å². The fraction of sp³-hybridized carbons (Fsp3) is 0.562. The molecule has 1 radical (unpaired) electrons. The fourth-order valence-electron chi connectivity index (χ4n) is 2.99. The van der Waals surface area contributed by atoms with E-state index in [0.717, 1.165) is 68.8 Å². The summed E-state index contributed by atoms with van der Waals surface area (Å²) in [4.78, 5) is 24.3. The van der Waals surface area contributed by atoms with Crippen molar-refractivity contribution in [2.75, 3.05) is 32.7 Å². The summed E-state index contributed by atoms with van der Waals surface area (Å²) in [6.07, 6.45) is 5.13. The van der Waals surface area contributed by atoms with Gasteiger partial charge in [0.1, 0.15) is 6.33 Å². The van der Waals surface area contributed by atoms with Crippen molar-refractivity contribution in [3.63, 3.8) is 0 Å². The van der Waals surface area contributed by atoms with Gasteiger partial charge in [0.2, 0.25) is 5.91 Å². The quantitative estimate of drug-likeness (QED) is 0.815. The summed E-state index contributed by atoms with van der Waals surface area (Å²) >= 11 is 0. The van der Waals surface area contributed by atoms with E-state index in [1.807, 2.05) is 15.8 Å². The third-order valence-electron chi connectivity index (χ3n) is 4.38. The van der Waals surface area contributed by atoms with E-state index in [1.54, 1.807) is 13.3 Å². The van der Waals surface area contributed by atoms with E-state index in [2.05, 4.69) is 26.9 Å². The van der Waals surface area contributed by atoms with E-state index in [-0.39, 0.29) is 5.91 Å². The van der Waals surface area contributed by atoms with Crippen molar-refractivity contribution in [3.05, 3.63) is 25.1 Å². The highest BCUT2D eigenvalue weighted by Gasteiger charge is 2.18. The van der Waals surface area contributed by atoms with Gasteiger partial charge >= 0.3 is 0 Å². The predicted octanol–water partition coefficient (Wildman–Crippen LogP) is 0.757. The van der Waals surface area contributed by atoms with Gasteiger partial charge in [-0.05, 0) is 12.8 Å². The molecule has 0 bridgehead atoms. The van der Waals surface area contributed by atoms with Gasteiger partial charge in [0.15, 0.2) is 5.65 Å². The van der Waals surface area contributed by atoms with Crippen LogP contribution in [-0.2, 0) is 17.8 Å². The normalized spacial score (nSPS) is 16.2. The smallest absolute Gasteiger partial charge is 0.219 e. The first kappa shape index (κ1) is 15.9. The Kier molecular flexibility index (Phi) is 4.85. The first-order chi connectivity index (χ1) is 11.2. The molecule has 0 spiro atoms. The molecule has 1 aliphatic heterocycles. The lowest BCUT2D eigenvalue weighted by Crippen LogP contribution is -2.48. The zero-order valence-electron chi connectivity index (χ0n) is 13.6. The van der Waals surface area contributed by atoms with Gasteiger partial charge in [-0.2, -0.15) is 5.10 Å². The monoisotopic (exact) mass is 315 g/mol. The lowest BCUT2D eigenvalue weighted by Gasteiger charge is -2.34. The summed E-state index contributed by atoms with van der Waals surface area (Å²) in [5, 5.41) is 5.49. The van der Waals surface area contributed by atoms with Crippen LogP contribution in [0.5, 0.6) is 0 Å². The standard InChI is InChI=1S/C16H23N6O/c1-3-4-15-14-11-19-22(16(14)18-12-17-15)10-7-20-5-8-21(9-6-20)13(2)23/h11-12H,1,3-10H2,2H3. The Bertz CT molecular complexity index is 674. The van der Waals surface area contributed by atoms with Gasteiger partial charge in [-0.3, -0.25) is 9.69 Å².